The summed E-state index contributed by atoms with van der Waals surface area (Å²) in [6.07, 6.45) is 0.522. The van der Waals surface area contributed by atoms with Crippen LogP contribution in [0.1, 0.15) is 43.4 Å². The standard InChI is InChI=1S/C17H23N3O3/c1-11-19-20-16(23-11)13-7-5-12(6-8-13)15(22)18-14(9-10-21)17(2,3)4/h5-8,14,21H,9-10H2,1-4H3,(H,18,22). The van der Waals surface area contributed by atoms with E-state index in [4.69, 9.17) is 4.42 Å². The number of carbonyl (C=O) groups is 1. The van der Waals surface area contributed by atoms with Crippen molar-refractivity contribution >= 4 is 5.91 Å². The second-order valence-corrected chi connectivity index (χ2v) is 6.61. The Labute approximate surface area is 135 Å². The molecule has 0 fully saturated rings. The van der Waals surface area contributed by atoms with E-state index in [1.54, 1.807) is 31.2 Å². The summed E-state index contributed by atoms with van der Waals surface area (Å²) in [4.78, 5) is 12.4. The summed E-state index contributed by atoms with van der Waals surface area (Å²) in [5, 5.41) is 19.9. The lowest BCUT2D eigenvalue weighted by Crippen LogP contribution is -2.44. The quantitative estimate of drug-likeness (QED) is 0.885. The molecule has 1 amide bonds. The van der Waals surface area contributed by atoms with Crippen molar-refractivity contribution in [2.75, 3.05) is 6.61 Å². The maximum Gasteiger partial charge on any atom is 0.251 e. The van der Waals surface area contributed by atoms with Gasteiger partial charge < -0.3 is 14.8 Å². The Bertz CT molecular complexity index is 656. The molecule has 0 saturated carbocycles. The van der Waals surface area contributed by atoms with Crippen molar-refractivity contribution in [1.29, 1.82) is 0 Å². The molecule has 2 N–H and O–H groups in total. The summed E-state index contributed by atoms with van der Waals surface area (Å²) < 4.78 is 5.36. The molecule has 1 aromatic carbocycles. The van der Waals surface area contributed by atoms with Gasteiger partial charge in [-0.1, -0.05) is 20.8 Å². The van der Waals surface area contributed by atoms with Crippen LogP contribution in [0.4, 0.5) is 0 Å². The molecule has 23 heavy (non-hydrogen) atoms. The minimum atomic E-state index is -0.161. The number of nitrogens with zero attached hydrogens (tertiary/aromatic N) is 2. The van der Waals surface area contributed by atoms with Crippen LogP contribution in [0, 0.1) is 12.3 Å². The number of nitrogens with one attached hydrogen (secondary N) is 1. The maximum absolute atomic E-state index is 12.4. The van der Waals surface area contributed by atoms with E-state index >= 15 is 0 Å². The first-order chi connectivity index (χ1) is 10.8. The van der Waals surface area contributed by atoms with Crippen molar-refractivity contribution in [2.45, 2.75) is 40.2 Å². The third-order valence-electron chi connectivity index (χ3n) is 3.69. The van der Waals surface area contributed by atoms with Crippen molar-refractivity contribution < 1.29 is 14.3 Å². The van der Waals surface area contributed by atoms with Crippen LogP contribution in [0.15, 0.2) is 28.7 Å². The van der Waals surface area contributed by atoms with Crippen LogP contribution in [0.25, 0.3) is 11.5 Å². The van der Waals surface area contributed by atoms with Crippen molar-refractivity contribution in [2.24, 2.45) is 5.41 Å². The molecule has 1 atom stereocenters. The number of amides is 1. The highest BCUT2D eigenvalue weighted by molar-refractivity contribution is 5.94. The highest BCUT2D eigenvalue weighted by Gasteiger charge is 2.26. The number of aryl methyl sites for hydroxylation is 1. The predicted molar refractivity (Wildman–Crippen MR) is 86.9 cm³/mol. The zero-order valence-corrected chi connectivity index (χ0v) is 14.0. The van der Waals surface area contributed by atoms with Crippen molar-refractivity contribution in [3.05, 3.63) is 35.7 Å². The number of hydrogen-bond donors (Lipinski definition) is 2. The summed E-state index contributed by atoms with van der Waals surface area (Å²) >= 11 is 0. The Kier molecular flexibility index (Phi) is 5.15. The minimum Gasteiger partial charge on any atom is -0.421 e. The average Bonchev–Trinajstić information content (AvgIpc) is 2.92. The Hall–Kier alpha value is -2.21. The van der Waals surface area contributed by atoms with E-state index in [-0.39, 0.29) is 24.0 Å². The van der Waals surface area contributed by atoms with Crippen LogP contribution in [-0.2, 0) is 0 Å². The van der Waals surface area contributed by atoms with Crippen LogP contribution >= 0.6 is 0 Å². The molecule has 0 aliphatic rings. The Morgan fingerprint density at radius 1 is 1.26 bits per heavy atom. The number of aliphatic hydroxyl groups is 1. The van der Waals surface area contributed by atoms with E-state index in [1.165, 1.54) is 0 Å². The largest absolute Gasteiger partial charge is 0.421 e. The van der Waals surface area contributed by atoms with Crippen molar-refractivity contribution in [1.82, 2.24) is 15.5 Å². The van der Waals surface area contributed by atoms with Gasteiger partial charge in [0.15, 0.2) is 0 Å². The van der Waals surface area contributed by atoms with Gasteiger partial charge in [-0.25, -0.2) is 0 Å². The molecule has 0 saturated heterocycles. The zero-order chi connectivity index (χ0) is 17.0. The van der Waals surface area contributed by atoms with E-state index in [9.17, 15) is 9.90 Å². The molecule has 1 aromatic heterocycles. The average molecular weight is 317 g/mol. The molecule has 124 valence electrons. The SMILES string of the molecule is Cc1nnc(-c2ccc(C(=O)NC(CCO)C(C)(C)C)cc2)o1. The predicted octanol–water partition coefficient (Wildman–Crippen LogP) is 2.57. The summed E-state index contributed by atoms with van der Waals surface area (Å²) in [7, 11) is 0. The Balaban J connectivity index is 2.10. The third-order valence-corrected chi connectivity index (χ3v) is 3.69. The van der Waals surface area contributed by atoms with Gasteiger partial charge in [0.25, 0.3) is 5.91 Å². The Morgan fingerprint density at radius 3 is 2.39 bits per heavy atom. The van der Waals surface area contributed by atoms with Gasteiger partial charge in [0.1, 0.15) is 0 Å². The van der Waals surface area contributed by atoms with Gasteiger partial charge in [-0.05, 0) is 36.1 Å². The third kappa shape index (κ3) is 4.39. The van der Waals surface area contributed by atoms with Gasteiger partial charge in [-0.2, -0.15) is 0 Å². The van der Waals surface area contributed by atoms with Crippen LogP contribution in [0.2, 0.25) is 0 Å². The summed E-state index contributed by atoms with van der Waals surface area (Å²) in [6.45, 7) is 7.88. The fraction of sp³-hybridized carbons (Fsp3) is 0.471. The highest BCUT2D eigenvalue weighted by Crippen LogP contribution is 2.23. The van der Waals surface area contributed by atoms with Crippen LogP contribution in [0.5, 0.6) is 0 Å². The highest BCUT2D eigenvalue weighted by atomic mass is 16.4. The van der Waals surface area contributed by atoms with Gasteiger partial charge in [0.05, 0.1) is 0 Å². The number of aromatic nitrogens is 2. The van der Waals surface area contributed by atoms with E-state index in [0.29, 0.717) is 23.8 Å². The molecule has 0 aliphatic carbocycles. The lowest BCUT2D eigenvalue weighted by Gasteiger charge is -2.31. The first kappa shape index (κ1) is 17.1. The molecule has 6 heteroatoms. The summed E-state index contributed by atoms with van der Waals surface area (Å²) in [5.41, 5.74) is 1.20. The van der Waals surface area contributed by atoms with Crippen molar-refractivity contribution in [3.63, 3.8) is 0 Å². The van der Waals surface area contributed by atoms with Gasteiger partial charge >= 0.3 is 0 Å². The number of aliphatic hydroxyl groups excluding tert-OH is 1. The molecule has 1 unspecified atom stereocenters. The van der Waals surface area contributed by atoms with Gasteiger partial charge in [0, 0.05) is 30.7 Å². The first-order valence-corrected chi connectivity index (χ1v) is 7.63. The molecular formula is C17H23N3O3. The molecule has 2 rings (SSSR count). The number of benzene rings is 1. The minimum absolute atomic E-state index is 0.0394. The lowest BCUT2D eigenvalue weighted by atomic mass is 9.84. The Morgan fingerprint density at radius 2 is 1.91 bits per heavy atom. The monoisotopic (exact) mass is 317 g/mol. The molecular weight excluding hydrogens is 294 g/mol. The molecule has 2 aromatic rings. The van der Waals surface area contributed by atoms with E-state index in [2.05, 4.69) is 15.5 Å². The van der Waals surface area contributed by atoms with E-state index in [0.717, 1.165) is 5.56 Å². The van der Waals surface area contributed by atoms with Gasteiger partial charge in [-0.3, -0.25) is 4.79 Å². The molecule has 0 radical (unpaired) electrons. The molecule has 6 nitrogen and oxygen atoms in total. The van der Waals surface area contributed by atoms with Crippen LogP contribution in [0.3, 0.4) is 0 Å². The first-order valence-electron chi connectivity index (χ1n) is 7.63. The molecule has 0 aliphatic heterocycles. The van der Waals surface area contributed by atoms with E-state index < -0.39 is 0 Å². The van der Waals surface area contributed by atoms with Gasteiger partial charge in [-0.15, -0.1) is 10.2 Å². The summed E-state index contributed by atoms with van der Waals surface area (Å²) in [5.74, 6) is 0.771. The normalized spacial score (nSPS) is 12.9. The molecule has 0 spiro atoms. The zero-order valence-electron chi connectivity index (χ0n) is 14.0. The number of carbonyl (C=O) groups excluding carboxylic acids is 1. The lowest BCUT2D eigenvalue weighted by molar-refractivity contribution is 0.0885. The fourth-order valence-electron chi connectivity index (χ4n) is 2.27. The summed E-state index contributed by atoms with van der Waals surface area (Å²) in [6, 6.07) is 6.91. The molecule has 0 bridgehead atoms. The number of hydrogen-bond acceptors (Lipinski definition) is 5. The smallest absolute Gasteiger partial charge is 0.251 e. The maximum atomic E-state index is 12.4. The van der Waals surface area contributed by atoms with Crippen LogP contribution < -0.4 is 5.32 Å². The van der Waals surface area contributed by atoms with Gasteiger partial charge in [0.2, 0.25) is 11.8 Å². The van der Waals surface area contributed by atoms with E-state index in [1.807, 2.05) is 20.8 Å². The topological polar surface area (TPSA) is 88.2 Å². The molecule has 1 heterocycles. The fourth-order valence-corrected chi connectivity index (χ4v) is 2.27. The van der Waals surface area contributed by atoms with Crippen molar-refractivity contribution in [3.8, 4) is 11.5 Å². The second kappa shape index (κ2) is 6.91. The second-order valence-electron chi connectivity index (χ2n) is 6.61. The van der Waals surface area contributed by atoms with Crippen LogP contribution in [-0.4, -0.2) is 33.9 Å². The number of rotatable bonds is 5.